The third-order valence-electron chi connectivity index (χ3n) is 4.05. The Morgan fingerprint density at radius 3 is 2.61 bits per heavy atom. The average molecular weight is 511 g/mol. The summed E-state index contributed by atoms with van der Waals surface area (Å²) >= 11 is 0. The quantitative estimate of drug-likeness (QED) is 0.365. The lowest BCUT2D eigenvalue weighted by atomic mass is 10.0. The number of hydrogen-bond acceptors (Lipinski definition) is 3. The topological polar surface area (TPSA) is 63.5 Å². The van der Waals surface area contributed by atoms with E-state index in [0.717, 1.165) is 21.6 Å². The number of hydrogen-bond donors (Lipinski definition) is 2. The third kappa shape index (κ3) is 6.01. The van der Waals surface area contributed by atoms with Crippen LogP contribution in [-0.4, -0.2) is 29.9 Å². The molecule has 10 heteroatoms. The van der Waals surface area contributed by atoms with Gasteiger partial charge < -0.3 is 15.4 Å². The highest BCUT2D eigenvalue weighted by Crippen LogP contribution is 2.30. The second-order valence-corrected chi connectivity index (χ2v) is 6.21. The van der Waals surface area contributed by atoms with Gasteiger partial charge in [-0.1, -0.05) is 17.7 Å². The highest BCUT2D eigenvalue weighted by Gasteiger charge is 2.36. The molecule has 6 nitrogen and oxygen atoms in total. The van der Waals surface area contributed by atoms with Gasteiger partial charge in [-0.25, -0.2) is 0 Å². The molecule has 1 atom stereocenters. The molecule has 0 aliphatic rings. The SMILES string of the molecule is CN=C(NCc1cn(C)nc1C(F)(F)F)NC(C)c1cc(C)ccc1OC.I. The second kappa shape index (κ2) is 9.99. The molecular weight excluding hydrogens is 486 g/mol. The number of aliphatic imine (C=N–C) groups is 1. The van der Waals surface area contributed by atoms with Crippen molar-refractivity contribution in [3.05, 3.63) is 46.8 Å². The monoisotopic (exact) mass is 511 g/mol. The number of nitrogens with one attached hydrogen (secondary N) is 2. The first-order valence-electron chi connectivity index (χ1n) is 8.37. The molecule has 0 fully saturated rings. The minimum atomic E-state index is -4.50. The number of aromatic nitrogens is 2. The van der Waals surface area contributed by atoms with Gasteiger partial charge in [0, 0.05) is 38.0 Å². The van der Waals surface area contributed by atoms with E-state index in [4.69, 9.17) is 4.74 Å². The number of halogens is 4. The Hall–Kier alpha value is -1.98. The van der Waals surface area contributed by atoms with Gasteiger partial charge in [-0.15, -0.1) is 24.0 Å². The van der Waals surface area contributed by atoms with Crippen molar-refractivity contribution in [2.24, 2.45) is 12.0 Å². The Labute approximate surface area is 179 Å². The number of alkyl halides is 3. The fourth-order valence-corrected chi connectivity index (χ4v) is 2.75. The van der Waals surface area contributed by atoms with Gasteiger partial charge in [0.15, 0.2) is 11.7 Å². The summed E-state index contributed by atoms with van der Waals surface area (Å²) in [7, 11) is 4.61. The van der Waals surface area contributed by atoms with E-state index in [-0.39, 0.29) is 42.1 Å². The molecule has 0 amide bonds. The zero-order valence-electron chi connectivity index (χ0n) is 16.4. The minimum Gasteiger partial charge on any atom is -0.496 e. The van der Waals surface area contributed by atoms with Gasteiger partial charge in [0.2, 0.25) is 0 Å². The molecule has 0 aliphatic heterocycles. The van der Waals surface area contributed by atoms with Crippen molar-refractivity contribution in [3.8, 4) is 5.75 Å². The van der Waals surface area contributed by atoms with E-state index in [1.54, 1.807) is 14.2 Å². The van der Waals surface area contributed by atoms with Crippen LogP contribution >= 0.6 is 24.0 Å². The third-order valence-corrected chi connectivity index (χ3v) is 4.05. The molecule has 0 spiro atoms. The van der Waals surface area contributed by atoms with Crippen molar-refractivity contribution in [1.29, 1.82) is 0 Å². The molecule has 156 valence electrons. The van der Waals surface area contributed by atoms with Gasteiger partial charge in [0.05, 0.1) is 13.2 Å². The number of ether oxygens (including phenoxy) is 1. The number of benzene rings is 1. The molecule has 1 unspecified atom stereocenters. The van der Waals surface area contributed by atoms with Crippen molar-refractivity contribution >= 4 is 29.9 Å². The fraction of sp³-hybridized carbons (Fsp3) is 0.444. The largest absolute Gasteiger partial charge is 0.496 e. The van der Waals surface area contributed by atoms with Crippen LogP contribution in [0.4, 0.5) is 13.2 Å². The Morgan fingerprint density at radius 2 is 2.04 bits per heavy atom. The van der Waals surface area contributed by atoms with Crippen LogP contribution < -0.4 is 15.4 Å². The van der Waals surface area contributed by atoms with Crippen LogP contribution in [0.3, 0.4) is 0 Å². The molecule has 1 aromatic carbocycles. The molecule has 0 saturated carbocycles. The molecule has 2 rings (SSSR count). The van der Waals surface area contributed by atoms with Crippen LogP contribution in [0.15, 0.2) is 29.4 Å². The van der Waals surface area contributed by atoms with Crippen LogP contribution in [0.1, 0.15) is 35.3 Å². The van der Waals surface area contributed by atoms with Gasteiger partial charge in [-0.2, -0.15) is 18.3 Å². The molecule has 0 radical (unpaired) electrons. The molecule has 1 heterocycles. The number of nitrogens with zero attached hydrogens (tertiary/aromatic N) is 3. The molecule has 1 aromatic heterocycles. The number of guanidine groups is 1. The smallest absolute Gasteiger partial charge is 0.435 e. The van der Waals surface area contributed by atoms with Crippen LogP contribution in [0.5, 0.6) is 5.75 Å². The van der Waals surface area contributed by atoms with Crippen LogP contribution in [0, 0.1) is 6.92 Å². The summed E-state index contributed by atoms with van der Waals surface area (Å²) in [5, 5.41) is 9.58. The summed E-state index contributed by atoms with van der Waals surface area (Å²) in [5.74, 6) is 1.10. The summed E-state index contributed by atoms with van der Waals surface area (Å²) in [4.78, 5) is 4.09. The second-order valence-electron chi connectivity index (χ2n) is 6.21. The van der Waals surface area contributed by atoms with Crippen molar-refractivity contribution in [3.63, 3.8) is 0 Å². The highest BCUT2D eigenvalue weighted by atomic mass is 127. The van der Waals surface area contributed by atoms with E-state index < -0.39 is 11.9 Å². The van der Waals surface area contributed by atoms with Crippen molar-refractivity contribution < 1.29 is 17.9 Å². The fourth-order valence-electron chi connectivity index (χ4n) is 2.75. The van der Waals surface area contributed by atoms with E-state index >= 15 is 0 Å². The minimum absolute atomic E-state index is 0. The lowest BCUT2D eigenvalue weighted by Crippen LogP contribution is -2.38. The summed E-state index contributed by atoms with van der Waals surface area (Å²) in [6, 6.07) is 5.65. The van der Waals surface area contributed by atoms with Gasteiger partial charge in [0.1, 0.15) is 5.75 Å². The Balaban J connectivity index is 0.00000392. The molecular formula is C18H25F3IN5O. The summed E-state index contributed by atoms with van der Waals surface area (Å²) in [6.45, 7) is 3.85. The average Bonchev–Trinajstić information content (AvgIpc) is 2.99. The Morgan fingerprint density at radius 1 is 1.36 bits per heavy atom. The lowest BCUT2D eigenvalue weighted by Gasteiger charge is -2.20. The Bertz CT molecular complexity index is 820. The van der Waals surface area contributed by atoms with Gasteiger partial charge in [-0.05, 0) is 19.9 Å². The van der Waals surface area contributed by atoms with Gasteiger partial charge >= 0.3 is 6.18 Å². The molecule has 2 N–H and O–H groups in total. The normalized spacial score (nSPS) is 12.9. The van der Waals surface area contributed by atoms with Crippen LogP contribution in [-0.2, 0) is 19.8 Å². The van der Waals surface area contributed by atoms with Crippen molar-refractivity contribution in [1.82, 2.24) is 20.4 Å². The lowest BCUT2D eigenvalue weighted by molar-refractivity contribution is -0.142. The molecule has 0 saturated heterocycles. The molecule has 0 bridgehead atoms. The zero-order chi connectivity index (χ0) is 20.2. The predicted molar refractivity (Wildman–Crippen MR) is 113 cm³/mol. The first kappa shape index (κ1) is 24.1. The van der Waals surface area contributed by atoms with Crippen molar-refractivity contribution in [2.75, 3.05) is 14.2 Å². The maximum Gasteiger partial charge on any atom is 0.435 e. The maximum atomic E-state index is 13.1. The van der Waals surface area contributed by atoms with E-state index in [0.29, 0.717) is 5.96 Å². The van der Waals surface area contributed by atoms with Crippen molar-refractivity contribution in [2.45, 2.75) is 32.6 Å². The van der Waals surface area contributed by atoms with Crippen LogP contribution in [0.25, 0.3) is 0 Å². The molecule has 2 aromatic rings. The maximum absolute atomic E-state index is 13.1. The zero-order valence-corrected chi connectivity index (χ0v) is 18.7. The molecule has 0 aliphatic carbocycles. The standard InChI is InChI=1S/C18H24F3N5O.HI/c1-11-6-7-15(27-5)14(8-11)12(2)24-17(22-3)23-9-13-10-26(4)25-16(13)18(19,20)21;/h6-8,10,12H,9H2,1-5H3,(H2,22,23,24);1H. The summed E-state index contributed by atoms with van der Waals surface area (Å²) in [5.41, 5.74) is 1.15. The van der Waals surface area contributed by atoms with E-state index in [1.165, 1.54) is 13.2 Å². The molecule has 28 heavy (non-hydrogen) atoms. The van der Waals surface area contributed by atoms with Gasteiger partial charge in [-0.3, -0.25) is 9.67 Å². The summed E-state index contributed by atoms with van der Waals surface area (Å²) in [6.07, 6.45) is -3.16. The Kier molecular flexibility index (Phi) is 8.58. The van der Waals surface area contributed by atoms with E-state index in [1.807, 2.05) is 32.0 Å². The predicted octanol–water partition coefficient (Wildman–Crippen LogP) is 3.80. The van der Waals surface area contributed by atoms with Gasteiger partial charge in [0.25, 0.3) is 0 Å². The highest BCUT2D eigenvalue weighted by molar-refractivity contribution is 14.0. The number of methoxy groups -OCH3 is 1. The van der Waals surface area contributed by atoms with Crippen LogP contribution in [0.2, 0.25) is 0 Å². The first-order chi connectivity index (χ1) is 12.7. The number of aryl methyl sites for hydroxylation is 2. The number of rotatable bonds is 5. The van der Waals surface area contributed by atoms with E-state index in [9.17, 15) is 13.2 Å². The van der Waals surface area contributed by atoms with E-state index in [2.05, 4.69) is 20.7 Å². The summed E-state index contributed by atoms with van der Waals surface area (Å²) < 4.78 is 45.7. The first-order valence-corrected chi connectivity index (χ1v) is 8.37.